The van der Waals surface area contributed by atoms with Crippen LogP contribution in [-0.2, 0) is 16.1 Å². The summed E-state index contributed by atoms with van der Waals surface area (Å²) in [7, 11) is 3.31. The lowest BCUT2D eigenvalue weighted by Crippen LogP contribution is -2.29. The standard InChI is InChI=1S/C17H19NO2/c1-18(17(19)13-20-2)12-14-8-10-16(11-9-14)15-6-4-3-5-7-15/h3-11H,12-13H2,1-2H3. The first kappa shape index (κ1) is 14.3. The number of hydrogen-bond acceptors (Lipinski definition) is 2. The van der Waals surface area contributed by atoms with Crippen molar-refractivity contribution in [3.05, 3.63) is 60.2 Å². The molecule has 0 saturated heterocycles. The van der Waals surface area contributed by atoms with E-state index in [9.17, 15) is 4.79 Å². The van der Waals surface area contributed by atoms with Crippen LogP contribution in [0.4, 0.5) is 0 Å². The average molecular weight is 269 g/mol. The van der Waals surface area contributed by atoms with Gasteiger partial charge in [-0.2, -0.15) is 0 Å². The van der Waals surface area contributed by atoms with E-state index in [-0.39, 0.29) is 12.5 Å². The van der Waals surface area contributed by atoms with Gasteiger partial charge in [-0.3, -0.25) is 4.79 Å². The van der Waals surface area contributed by atoms with Gasteiger partial charge in [0.25, 0.3) is 0 Å². The summed E-state index contributed by atoms with van der Waals surface area (Å²) in [5.41, 5.74) is 3.49. The first-order chi connectivity index (χ1) is 9.70. The lowest BCUT2D eigenvalue weighted by molar-refractivity contribution is -0.134. The molecule has 20 heavy (non-hydrogen) atoms. The van der Waals surface area contributed by atoms with Crippen LogP contribution in [0, 0.1) is 0 Å². The largest absolute Gasteiger partial charge is 0.375 e. The summed E-state index contributed by atoms with van der Waals surface area (Å²) in [5.74, 6) is -0.0142. The minimum absolute atomic E-state index is 0.0142. The SMILES string of the molecule is COCC(=O)N(C)Cc1ccc(-c2ccccc2)cc1. The van der Waals surface area contributed by atoms with Crippen molar-refractivity contribution in [1.29, 1.82) is 0 Å². The summed E-state index contributed by atoms with van der Waals surface area (Å²) in [4.78, 5) is 13.3. The summed E-state index contributed by atoms with van der Waals surface area (Å²) in [6.07, 6.45) is 0. The molecule has 0 heterocycles. The van der Waals surface area contributed by atoms with E-state index in [1.807, 2.05) is 18.2 Å². The van der Waals surface area contributed by atoms with E-state index in [1.165, 1.54) is 18.2 Å². The number of likely N-dealkylation sites (N-methyl/N-ethyl adjacent to an activating group) is 1. The van der Waals surface area contributed by atoms with E-state index in [2.05, 4.69) is 36.4 Å². The Morgan fingerprint density at radius 3 is 2.20 bits per heavy atom. The maximum atomic E-state index is 11.6. The molecule has 104 valence electrons. The van der Waals surface area contributed by atoms with Crippen LogP contribution < -0.4 is 0 Å². The molecule has 3 heteroatoms. The van der Waals surface area contributed by atoms with Gasteiger partial charge in [0.15, 0.2) is 0 Å². The zero-order chi connectivity index (χ0) is 14.4. The Morgan fingerprint density at radius 1 is 1.00 bits per heavy atom. The van der Waals surface area contributed by atoms with Gasteiger partial charge in [0.2, 0.25) is 5.91 Å². The Kier molecular flexibility index (Phi) is 4.91. The molecule has 0 aliphatic heterocycles. The molecule has 1 amide bonds. The molecule has 0 fully saturated rings. The van der Waals surface area contributed by atoms with Crippen molar-refractivity contribution in [1.82, 2.24) is 4.90 Å². The normalized spacial score (nSPS) is 10.3. The Balaban J connectivity index is 2.04. The van der Waals surface area contributed by atoms with Crippen molar-refractivity contribution < 1.29 is 9.53 Å². The van der Waals surface area contributed by atoms with E-state index in [0.29, 0.717) is 6.54 Å². The smallest absolute Gasteiger partial charge is 0.248 e. The lowest BCUT2D eigenvalue weighted by Gasteiger charge is -2.17. The van der Waals surface area contributed by atoms with Crippen molar-refractivity contribution in [2.45, 2.75) is 6.54 Å². The molecular formula is C17H19NO2. The maximum Gasteiger partial charge on any atom is 0.248 e. The third kappa shape index (κ3) is 3.68. The van der Waals surface area contributed by atoms with E-state index < -0.39 is 0 Å². The Bertz CT molecular complexity index is 549. The Morgan fingerprint density at radius 2 is 1.60 bits per heavy atom. The molecule has 2 rings (SSSR count). The lowest BCUT2D eigenvalue weighted by atomic mass is 10.0. The van der Waals surface area contributed by atoms with Gasteiger partial charge in [0.1, 0.15) is 6.61 Å². The number of amides is 1. The number of ether oxygens (including phenoxy) is 1. The van der Waals surface area contributed by atoms with Crippen LogP contribution in [0.5, 0.6) is 0 Å². The van der Waals surface area contributed by atoms with E-state index in [1.54, 1.807) is 11.9 Å². The minimum Gasteiger partial charge on any atom is -0.375 e. The fraction of sp³-hybridized carbons (Fsp3) is 0.235. The van der Waals surface area contributed by atoms with Crippen LogP contribution in [0.3, 0.4) is 0 Å². The number of carbonyl (C=O) groups is 1. The second-order valence-corrected chi connectivity index (χ2v) is 4.75. The highest BCUT2D eigenvalue weighted by Crippen LogP contribution is 2.19. The van der Waals surface area contributed by atoms with Crippen LogP contribution in [0.1, 0.15) is 5.56 Å². The van der Waals surface area contributed by atoms with Crippen molar-refractivity contribution in [3.8, 4) is 11.1 Å². The van der Waals surface area contributed by atoms with Crippen molar-refractivity contribution in [2.75, 3.05) is 20.8 Å². The van der Waals surface area contributed by atoms with Crippen molar-refractivity contribution in [2.24, 2.45) is 0 Å². The fourth-order valence-electron chi connectivity index (χ4n) is 2.03. The molecular weight excluding hydrogens is 250 g/mol. The summed E-state index contributed by atoms with van der Waals surface area (Å²) in [6, 6.07) is 18.5. The number of methoxy groups -OCH3 is 1. The second kappa shape index (κ2) is 6.87. The second-order valence-electron chi connectivity index (χ2n) is 4.75. The zero-order valence-corrected chi connectivity index (χ0v) is 11.9. The van der Waals surface area contributed by atoms with Gasteiger partial charge < -0.3 is 9.64 Å². The first-order valence-electron chi connectivity index (χ1n) is 6.58. The van der Waals surface area contributed by atoms with Gasteiger partial charge in [-0.05, 0) is 16.7 Å². The highest BCUT2D eigenvalue weighted by molar-refractivity contribution is 5.77. The zero-order valence-electron chi connectivity index (χ0n) is 11.9. The van der Waals surface area contributed by atoms with Gasteiger partial charge in [-0.25, -0.2) is 0 Å². The molecule has 0 N–H and O–H groups in total. The van der Waals surface area contributed by atoms with Gasteiger partial charge in [0, 0.05) is 20.7 Å². The monoisotopic (exact) mass is 269 g/mol. The molecule has 0 unspecified atom stereocenters. The molecule has 0 bridgehead atoms. The third-order valence-electron chi connectivity index (χ3n) is 3.17. The predicted molar refractivity (Wildman–Crippen MR) is 80.2 cm³/mol. The Labute approximate surface area is 119 Å². The number of carbonyl (C=O) groups excluding carboxylic acids is 1. The quantitative estimate of drug-likeness (QED) is 0.835. The van der Waals surface area contributed by atoms with Crippen molar-refractivity contribution in [3.63, 3.8) is 0 Å². The summed E-state index contributed by atoms with van der Waals surface area (Å²) in [6.45, 7) is 0.718. The fourth-order valence-corrected chi connectivity index (χ4v) is 2.03. The van der Waals surface area contributed by atoms with Gasteiger partial charge in [0.05, 0.1) is 0 Å². The molecule has 0 atom stereocenters. The molecule has 0 aromatic heterocycles. The predicted octanol–water partition coefficient (Wildman–Crippen LogP) is 2.96. The van der Waals surface area contributed by atoms with E-state index in [4.69, 9.17) is 4.74 Å². The molecule has 3 nitrogen and oxygen atoms in total. The number of rotatable bonds is 5. The van der Waals surface area contributed by atoms with Crippen LogP contribution in [0.15, 0.2) is 54.6 Å². The molecule has 0 aliphatic rings. The van der Waals surface area contributed by atoms with Gasteiger partial charge >= 0.3 is 0 Å². The molecule has 0 radical (unpaired) electrons. The summed E-state index contributed by atoms with van der Waals surface area (Å²) < 4.78 is 4.85. The average Bonchev–Trinajstić information content (AvgIpc) is 2.49. The number of benzene rings is 2. The molecule has 2 aromatic carbocycles. The van der Waals surface area contributed by atoms with Crippen LogP contribution in [0.2, 0.25) is 0 Å². The van der Waals surface area contributed by atoms with Crippen LogP contribution in [0.25, 0.3) is 11.1 Å². The highest BCUT2D eigenvalue weighted by Gasteiger charge is 2.08. The molecule has 0 aliphatic carbocycles. The number of nitrogens with zero attached hydrogens (tertiary/aromatic N) is 1. The topological polar surface area (TPSA) is 29.5 Å². The minimum atomic E-state index is -0.0142. The van der Waals surface area contributed by atoms with Crippen LogP contribution in [-0.4, -0.2) is 31.6 Å². The van der Waals surface area contributed by atoms with Crippen molar-refractivity contribution >= 4 is 5.91 Å². The molecule has 0 saturated carbocycles. The summed E-state index contributed by atoms with van der Waals surface area (Å²) in [5, 5.41) is 0. The Hall–Kier alpha value is -2.13. The van der Waals surface area contributed by atoms with Gasteiger partial charge in [-0.15, -0.1) is 0 Å². The first-order valence-corrected chi connectivity index (χ1v) is 6.58. The van der Waals surface area contributed by atoms with Gasteiger partial charge in [-0.1, -0.05) is 54.6 Å². The van der Waals surface area contributed by atoms with Crippen LogP contribution >= 0.6 is 0 Å². The highest BCUT2D eigenvalue weighted by atomic mass is 16.5. The third-order valence-corrected chi connectivity index (χ3v) is 3.17. The maximum absolute atomic E-state index is 11.6. The summed E-state index contributed by atoms with van der Waals surface area (Å²) >= 11 is 0. The number of hydrogen-bond donors (Lipinski definition) is 0. The molecule has 2 aromatic rings. The molecule has 0 spiro atoms. The van der Waals surface area contributed by atoms with E-state index >= 15 is 0 Å². The van der Waals surface area contributed by atoms with E-state index in [0.717, 1.165) is 5.56 Å².